The summed E-state index contributed by atoms with van der Waals surface area (Å²) < 4.78 is 0.915. The quantitative estimate of drug-likeness (QED) is 0.286. The predicted molar refractivity (Wildman–Crippen MR) is 93.8 cm³/mol. The van der Waals surface area contributed by atoms with Crippen molar-refractivity contribution in [2.24, 2.45) is 0 Å². The molecule has 0 bridgehead atoms. The molecule has 0 aromatic carbocycles. The fourth-order valence-corrected chi connectivity index (χ4v) is 3.39. The highest BCUT2D eigenvalue weighted by Gasteiger charge is 2.28. The van der Waals surface area contributed by atoms with Crippen LogP contribution < -0.4 is 5.11 Å². The largest absolute Gasteiger partial charge is 0.550 e. The molecule has 1 atom stereocenters. The molecule has 0 aliphatic rings. The van der Waals surface area contributed by atoms with Crippen LogP contribution in [0, 0.1) is 0 Å². The fourth-order valence-electron chi connectivity index (χ4n) is 3.39. The minimum atomic E-state index is -0.961. The van der Waals surface area contributed by atoms with Crippen LogP contribution in [-0.2, 0) is 4.79 Å². The Bertz CT molecular complexity index is 323. The lowest BCUT2D eigenvalue weighted by molar-refractivity contribution is -0.931. The molecule has 0 aromatic heterocycles. The van der Waals surface area contributed by atoms with Crippen LogP contribution in [0.5, 0.6) is 0 Å². The molecule has 4 heteroatoms. The van der Waals surface area contributed by atoms with E-state index in [2.05, 4.69) is 32.9 Å². The number of hydrogen-bond donors (Lipinski definition) is 1. The Morgan fingerprint density at radius 3 is 2.26 bits per heavy atom. The van der Waals surface area contributed by atoms with Gasteiger partial charge in [0.05, 0.1) is 19.6 Å². The van der Waals surface area contributed by atoms with Gasteiger partial charge in [0.1, 0.15) is 12.6 Å². The van der Waals surface area contributed by atoms with Crippen molar-refractivity contribution in [3.05, 3.63) is 12.2 Å². The van der Waals surface area contributed by atoms with E-state index in [0.29, 0.717) is 6.42 Å². The zero-order valence-corrected chi connectivity index (χ0v) is 15.4. The molecule has 0 saturated carbocycles. The number of unbranched alkanes of at least 4 members (excludes halogenated alkanes) is 1. The Balaban J connectivity index is 4.55. The molecule has 23 heavy (non-hydrogen) atoms. The molecule has 0 rings (SSSR count). The molecule has 4 nitrogen and oxygen atoms in total. The lowest BCUT2D eigenvalue weighted by Crippen LogP contribution is -2.53. The average molecular weight is 328 g/mol. The molecule has 0 aromatic rings. The van der Waals surface area contributed by atoms with Crippen LogP contribution in [0.3, 0.4) is 0 Å². The Morgan fingerprint density at radius 1 is 1.09 bits per heavy atom. The van der Waals surface area contributed by atoms with E-state index in [1.54, 1.807) is 0 Å². The van der Waals surface area contributed by atoms with E-state index < -0.39 is 5.97 Å². The van der Waals surface area contributed by atoms with Crippen molar-refractivity contribution < 1.29 is 19.5 Å². The number of carbonyl (C=O) groups is 1. The second-order valence-corrected chi connectivity index (χ2v) is 6.63. The minimum absolute atomic E-state index is 0.141. The highest BCUT2D eigenvalue weighted by Crippen LogP contribution is 2.16. The second kappa shape index (κ2) is 13.6. The fraction of sp³-hybridized carbons (Fsp3) is 0.842. The summed E-state index contributed by atoms with van der Waals surface area (Å²) in [4.78, 5) is 10.6. The molecule has 1 N–H and O–H groups in total. The van der Waals surface area contributed by atoms with E-state index >= 15 is 0 Å². The lowest BCUT2D eigenvalue weighted by atomic mass is 10.1. The van der Waals surface area contributed by atoms with Crippen LogP contribution in [-0.4, -0.2) is 47.8 Å². The maximum Gasteiger partial charge on any atom is 0.105 e. The SMILES string of the molecule is CC/C=C/CCC(O)C[N+](CCC)(CCC)CCCCC(=O)[O-]. The van der Waals surface area contributed by atoms with Gasteiger partial charge in [0.2, 0.25) is 0 Å². The minimum Gasteiger partial charge on any atom is -0.550 e. The predicted octanol–water partition coefficient (Wildman–Crippen LogP) is 2.65. The molecule has 1 unspecified atom stereocenters. The average Bonchev–Trinajstić information content (AvgIpc) is 2.48. The lowest BCUT2D eigenvalue weighted by Gasteiger charge is -2.40. The van der Waals surface area contributed by atoms with Crippen molar-refractivity contribution in [3.8, 4) is 0 Å². The number of nitrogens with zero attached hydrogens (tertiary/aromatic N) is 1. The normalized spacial score (nSPS) is 13.6. The van der Waals surface area contributed by atoms with Crippen molar-refractivity contribution in [1.82, 2.24) is 0 Å². The first-order chi connectivity index (χ1) is 11.0. The van der Waals surface area contributed by atoms with Gasteiger partial charge in [-0.3, -0.25) is 0 Å². The van der Waals surface area contributed by atoms with Gasteiger partial charge in [0.15, 0.2) is 0 Å². The first-order valence-electron chi connectivity index (χ1n) is 9.37. The van der Waals surface area contributed by atoms with Crippen LogP contribution in [0.1, 0.15) is 72.1 Å². The second-order valence-electron chi connectivity index (χ2n) is 6.63. The number of quaternary nitrogens is 1. The number of aliphatic carboxylic acids is 1. The Hall–Kier alpha value is -0.870. The van der Waals surface area contributed by atoms with E-state index in [0.717, 1.165) is 69.2 Å². The maximum absolute atomic E-state index is 10.6. The molecule has 136 valence electrons. The van der Waals surface area contributed by atoms with Crippen molar-refractivity contribution in [2.75, 3.05) is 26.2 Å². The molecule has 0 aliphatic heterocycles. The molecule has 0 fully saturated rings. The number of aliphatic hydroxyl groups is 1. The summed E-state index contributed by atoms with van der Waals surface area (Å²) in [6.07, 6.45) is 10.7. The van der Waals surface area contributed by atoms with Crippen molar-refractivity contribution in [3.63, 3.8) is 0 Å². The third-order valence-corrected chi connectivity index (χ3v) is 4.33. The third kappa shape index (κ3) is 11.3. The van der Waals surface area contributed by atoms with E-state index in [4.69, 9.17) is 0 Å². The summed E-state index contributed by atoms with van der Waals surface area (Å²) in [6.45, 7) is 10.3. The number of carbonyl (C=O) groups excluding carboxylic acids is 1. The van der Waals surface area contributed by atoms with Gasteiger partial charge in [-0.05, 0) is 51.4 Å². The van der Waals surface area contributed by atoms with Gasteiger partial charge < -0.3 is 19.5 Å². The summed E-state index contributed by atoms with van der Waals surface area (Å²) in [5, 5.41) is 21.0. The van der Waals surface area contributed by atoms with E-state index in [9.17, 15) is 15.0 Å². The highest BCUT2D eigenvalue weighted by atomic mass is 16.4. The van der Waals surface area contributed by atoms with Gasteiger partial charge in [0.25, 0.3) is 0 Å². The van der Waals surface area contributed by atoms with Gasteiger partial charge in [-0.2, -0.15) is 0 Å². The first-order valence-corrected chi connectivity index (χ1v) is 9.37. The molecule has 0 heterocycles. The molecular weight excluding hydrogens is 290 g/mol. The summed E-state index contributed by atoms with van der Waals surface area (Å²) in [7, 11) is 0. The molecule has 0 amide bonds. The monoisotopic (exact) mass is 327 g/mol. The Kier molecular flexibility index (Phi) is 13.0. The zero-order chi connectivity index (χ0) is 17.6. The van der Waals surface area contributed by atoms with E-state index in [1.165, 1.54) is 0 Å². The molecule has 0 radical (unpaired) electrons. The summed E-state index contributed by atoms with van der Waals surface area (Å²) in [5.74, 6) is -0.961. The highest BCUT2D eigenvalue weighted by molar-refractivity contribution is 5.64. The number of allylic oxidation sites excluding steroid dienone is 2. The smallest absolute Gasteiger partial charge is 0.105 e. The van der Waals surface area contributed by atoms with Crippen LogP contribution >= 0.6 is 0 Å². The maximum atomic E-state index is 10.6. The van der Waals surface area contributed by atoms with E-state index in [-0.39, 0.29) is 12.5 Å². The Labute approximate surface area is 142 Å². The molecular formula is C19H37NO3. The standard InChI is InChI=1S/C19H37NO3/c1-4-7-8-9-12-18(21)17-20(14-5-2,15-6-3)16-11-10-13-19(22)23/h7-8,18,21H,4-6,9-17H2,1-3H3/b8-7+. The number of carboxylic acid groups (broad SMARTS) is 1. The van der Waals surface area contributed by atoms with Gasteiger partial charge in [-0.15, -0.1) is 0 Å². The van der Waals surface area contributed by atoms with Crippen molar-refractivity contribution in [2.45, 2.75) is 78.2 Å². The number of aliphatic hydroxyl groups excluding tert-OH is 1. The van der Waals surface area contributed by atoms with Gasteiger partial charge in [-0.25, -0.2) is 0 Å². The van der Waals surface area contributed by atoms with E-state index in [1.807, 2.05) is 0 Å². The van der Waals surface area contributed by atoms with Gasteiger partial charge >= 0.3 is 0 Å². The van der Waals surface area contributed by atoms with Crippen molar-refractivity contribution >= 4 is 5.97 Å². The number of hydrogen-bond acceptors (Lipinski definition) is 3. The van der Waals surface area contributed by atoms with Crippen molar-refractivity contribution in [1.29, 1.82) is 0 Å². The summed E-state index contributed by atoms with van der Waals surface area (Å²) in [6, 6.07) is 0. The first kappa shape index (κ1) is 22.1. The van der Waals surface area contributed by atoms with Gasteiger partial charge in [0, 0.05) is 5.97 Å². The Morgan fingerprint density at radius 2 is 1.74 bits per heavy atom. The molecule has 0 aliphatic carbocycles. The molecule has 0 saturated heterocycles. The third-order valence-electron chi connectivity index (χ3n) is 4.33. The summed E-state index contributed by atoms with van der Waals surface area (Å²) >= 11 is 0. The van der Waals surface area contributed by atoms with Crippen LogP contribution in [0.4, 0.5) is 0 Å². The summed E-state index contributed by atoms with van der Waals surface area (Å²) in [5.41, 5.74) is 0. The molecule has 0 spiro atoms. The zero-order valence-electron chi connectivity index (χ0n) is 15.4. The van der Waals surface area contributed by atoms with Crippen LogP contribution in [0.2, 0.25) is 0 Å². The van der Waals surface area contributed by atoms with Crippen LogP contribution in [0.15, 0.2) is 12.2 Å². The number of rotatable bonds is 15. The van der Waals surface area contributed by atoms with Crippen LogP contribution in [0.25, 0.3) is 0 Å². The topological polar surface area (TPSA) is 60.4 Å². The van der Waals surface area contributed by atoms with Gasteiger partial charge in [-0.1, -0.05) is 32.9 Å². The number of carboxylic acids is 1.